The number of carboxylic acids is 2. The Bertz CT molecular complexity index is 588. The van der Waals surface area contributed by atoms with Crippen molar-refractivity contribution in [2.45, 2.75) is 51.5 Å². The van der Waals surface area contributed by atoms with E-state index in [2.05, 4.69) is 47.1 Å². The Morgan fingerprint density at radius 3 is 2.21 bits per heavy atom. The fraction of sp³-hybridized carbons (Fsp3) is 0.636. The van der Waals surface area contributed by atoms with Crippen LogP contribution in [0.1, 0.15) is 44.6 Å². The SMILES string of the molecule is CC1CCCC(N2CCN(CCCc3ccccc3)CC2)C1.O=C(O)C(=O)O. The number of nitrogens with zero attached hydrogens (tertiary/aromatic N) is 2. The van der Waals surface area contributed by atoms with Crippen molar-refractivity contribution in [1.29, 1.82) is 0 Å². The first kappa shape index (κ1) is 22.4. The van der Waals surface area contributed by atoms with Crippen LogP contribution in [0.2, 0.25) is 0 Å². The van der Waals surface area contributed by atoms with Gasteiger partial charge in [-0.1, -0.05) is 50.1 Å². The molecule has 0 radical (unpaired) electrons. The van der Waals surface area contributed by atoms with E-state index in [0.29, 0.717) is 0 Å². The van der Waals surface area contributed by atoms with E-state index in [-0.39, 0.29) is 0 Å². The number of hydrogen-bond donors (Lipinski definition) is 2. The number of rotatable bonds is 5. The zero-order valence-electron chi connectivity index (χ0n) is 16.9. The third kappa shape index (κ3) is 7.98. The van der Waals surface area contributed by atoms with Gasteiger partial charge in [0.2, 0.25) is 0 Å². The first-order valence-corrected chi connectivity index (χ1v) is 10.4. The van der Waals surface area contributed by atoms with Crippen LogP contribution >= 0.6 is 0 Å². The molecule has 2 fully saturated rings. The van der Waals surface area contributed by atoms with Gasteiger partial charge in [-0.05, 0) is 43.7 Å². The fourth-order valence-corrected chi connectivity index (χ4v) is 4.24. The van der Waals surface area contributed by atoms with Crippen LogP contribution in [0.3, 0.4) is 0 Å². The number of piperazine rings is 1. The van der Waals surface area contributed by atoms with Gasteiger partial charge in [0.05, 0.1) is 0 Å². The molecular formula is C22H34N2O4. The van der Waals surface area contributed by atoms with Gasteiger partial charge in [0.1, 0.15) is 0 Å². The summed E-state index contributed by atoms with van der Waals surface area (Å²) in [5, 5.41) is 14.8. The Hall–Kier alpha value is -1.92. The van der Waals surface area contributed by atoms with Crippen LogP contribution in [0, 0.1) is 5.92 Å². The zero-order chi connectivity index (χ0) is 20.4. The summed E-state index contributed by atoms with van der Waals surface area (Å²) in [5.41, 5.74) is 1.48. The molecular weight excluding hydrogens is 356 g/mol. The van der Waals surface area contributed by atoms with Crippen molar-refractivity contribution in [3.05, 3.63) is 35.9 Å². The summed E-state index contributed by atoms with van der Waals surface area (Å²) in [6.45, 7) is 8.85. The van der Waals surface area contributed by atoms with Crippen molar-refractivity contribution in [2.75, 3.05) is 32.7 Å². The van der Waals surface area contributed by atoms with E-state index in [1.165, 1.54) is 76.8 Å². The average Bonchev–Trinajstić information content (AvgIpc) is 2.70. The molecule has 0 aromatic heterocycles. The summed E-state index contributed by atoms with van der Waals surface area (Å²) in [6, 6.07) is 11.8. The smallest absolute Gasteiger partial charge is 0.414 e. The highest BCUT2D eigenvalue weighted by Crippen LogP contribution is 2.27. The van der Waals surface area contributed by atoms with Crippen LogP contribution in [0.4, 0.5) is 0 Å². The number of carboxylic acid groups (broad SMARTS) is 2. The lowest BCUT2D eigenvalue weighted by Crippen LogP contribution is -2.51. The minimum atomic E-state index is -1.82. The normalized spacial score (nSPS) is 23.5. The summed E-state index contributed by atoms with van der Waals surface area (Å²) in [6.07, 6.45) is 8.30. The van der Waals surface area contributed by atoms with Gasteiger partial charge in [-0.3, -0.25) is 4.90 Å². The van der Waals surface area contributed by atoms with E-state index in [4.69, 9.17) is 19.8 Å². The van der Waals surface area contributed by atoms with E-state index in [1.807, 2.05) is 0 Å². The molecule has 1 heterocycles. The molecule has 2 N–H and O–H groups in total. The zero-order valence-corrected chi connectivity index (χ0v) is 16.9. The molecule has 3 rings (SSSR count). The van der Waals surface area contributed by atoms with Gasteiger partial charge in [-0.15, -0.1) is 0 Å². The van der Waals surface area contributed by atoms with Crippen molar-refractivity contribution in [2.24, 2.45) is 5.92 Å². The molecule has 2 unspecified atom stereocenters. The maximum atomic E-state index is 9.10. The molecule has 2 aliphatic rings. The largest absolute Gasteiger partial charge is 0.473 e. The summed E-state index contributed by atoms with van der Waals surface area (Å²) >= 11 is 0. The summed E-state index contributed by atoms with van der Waals surface area (Å²) < 4.78 is 0. The van der Waals surface area contributed by atoms with Gasteiger partial charge in [0, 0.05) is 32.2 Å². The predicted octanol–water partition coefficient (Wildman–Crippen LogP) is 2.97. The molecule has 156 valence electrons. The molecule has 1 aromatic carbocycles. The lowest BCUT2D eigenvalue weighted by molar-refractivity contribution is -0.159. The van der Waals surface area contributed by atoms with Gasteiger partial charge < -0.3 is 15.1 Å². The van der Waals surface area contributed by atoms with Crippen LogP contribution in [0.15, 0.2) is 30.3 Å². The summed E-state index contributed by atoms with van der Waals surface area (Å²) in [5.74, 6) is -2.70. The third-order valence-electron chi connectivity index (χ3n) is 5.80. The molecule has 1 saturated carbocycles. The Morgan fingerprint density at radius 1 is 1.00 bits per heavy atom. The lowest BCUT2D eigenvalue weighted by atomic mass is 9.86. The van der Waals surface area contributed by atoms with Gasteiger partial charge in [0.25, 0.3) is 0 Å². The van der Waals surface area contributed by atoms with Crippen LogP contribution in [0.5, 0.6) is 0 Å². The van der Waals surface area contributed by atoms with Crippen molar-refractivity contribution in [3.8, 4) is 0 Å². The topological polar surface area (TPSA) is 81.1 Å². The first-order valence-electron chi connectivity index (χ1n) is 10.4. The molecule has 1 aromatic rings. The molecule has 0 bridgehead atoms. The number of hydrogen-bond acceptors (Lipinski definition) is 4. The molecule has 6 heteroatoms. The van der Waals surface area contributed by atoms with Crippen LogP contribution < -0.4 is 0 Å². The predicted molar refractivity (Wildman–Crippen MR) is 109 cm³/mol. The second-order valence-corrected chi connectivity index (χ2v) is 8.00. The average molecular weight is 391 g/mol. The third-order valence-corrected chi connectivity index (χ3v) is 5.80. The minimum absolute atomic E-state index is 0.884. The Balaban J connectivity index is 0.000000409. The molecule has 28 heavy (non-hydrogen) atoms. The standard InChI is InChI=1S/C20H32N2.C2H2O4/c1-18-7-5-11-20(17-18)22-15-13-21(14-16-22)12-6-10-19-8-3-2-4-9-19;3-1(4)2(5)6/h2-4,8-9,18,20H,5-7,10-17H2,1H3;(H,3,4)(H,5,6). The fourth-order valence-electron chi connectivity index (χ4n) is 4.24. The molecule has 0 spiro atoms. The highest BCUT2D eigenvalue weighted by atomic mass is 16.4. The van der Waals surface area contributed by atoms with Crippen LogP contribution in [-0.2, 0) is 16.0 Å². The van der Waals surface area contributed by atoms with Gasteiger partial charge in [-0.25, -0.2) is 9.59 Å². The quantitative estimate of drug-likeness (QED) is 0.753. The number of aliphatic carboxylic acids is 2. The number of aryl methyl sites for hydroxylation is 1. The highest BCUT2D eigenvalue weighted by molar-refractivity contribution is 6.27. The summed E-state index contributed by atoms with van der Waals surface area (Å²) in [4.78, 5) is 23.7. The van der Waals surface area contributed by atoms with Gasteiger partial charge in [0.15, 0.2) is 0 Å². The Labute approximate surface area is 168 Å². The maximum Gasteiger partial charge on any atom is 0.414 e. The number of benzene rings is 1. The highest BCUT2D eigenvalue weighted by Gasteiger charge is 2.27. The van der Waals surface area contributed by atoms with Gasteiger partial charge >= 0.3 is 11.9 Å². The molecule has 1 aliphatic carbocycles. The van der Waals surface area contributed by atoms with E-state index in [0.717, 1.165) is 12.0 Å². The second-order valence-electron chi connectivity index (χ2n) is 8.00. The molecule has 1 saturated heterocycles. The summed E-state index contributed by atoms with van der Waals surface area (Å²) in [7, 11) is 0. The van der Waals surface area contributed by atoms with Crippen LogP contribution in [0.25, 0.3) is 0 Å². The maximum absolute atomic E-state index is 9.10. The number of carbonyl (C=O) groups is 2. The van der Waals surface area contributed by atoms with Crippen molar-refractivity contribution < 1.29 is 19.8 Å². The Kier molecular flexibility index (Phi) is 9.44. The Morgan fingerprint density at radius 2 is 1.64 bits per heavy atom. The second kappa shape index (κ2) is 11.8. The van der Waals surface area contributed by atoms with Crippen molar-refractivity contribution in [1.82, 2.24) is 9.80 Å². The molecule has 1 aliphatic heterocycles. The molecule has 2 atom stereocenters. The lowest BCUT2D eigenvalue weighted by Gasteiger charge is -2.42. The van der Waals surface area contributed by atoms with E-state index < -0.39 is 11.9 Å². The van der Waals surface area contributed by atoms with Crippen LogP contribution in [-0.4, -0.2) is 70.7 Å². The van der Waals surface area contributed by atoms with Crippen molar-refractivity contribution >= 4 is 11.9 Å². The van der Waals surface area contributed by atoms with Gasteiger partial charge in [-0.2, -0.15) is 0 Å². The minimum Gasteiger partial charge on any atom is -0.473 e. The first-order chi connectivity index (χ1) is 13.5. The molecule has 0 amide bonds. The molecule has 6 nitrogen and oxygen atoms in total. The monoisotopic (exact) mass is 390 g/mol. The van der Waals surface area contributed by atoms with Crippen molar-refractivity contribution in [3.63, 3.8) is 0 Å². The van der Waals surface area contributed by atoms with E-state index in [1.54, 1.807) is 0 Å². The van der Waals surface area contributed by atoms with E-state index in [9.17, 15) is 0 Å². The van der Waals surface area contributed by atoms with E-state index >= 15 is 0 Å².